The Morgan fingerprint density at radius 1 is 1.27 bits per heavy atom. The summed E-state index contributed by atoms with van der Waals surface area (Å²) in [5.41, 5.74) is 0. The molecule has 1 aliphatic carbocycles. The molecule has 1 aromatic rings. The minimum absolute atomic E-state index is 0.333. The zero-order valence-electron chi connectivity index (χ0n) is 9.49. The van der Waals surface area contributed by atoms with Gasteiger partial charge in [-0.25, -0.2) is 0 Å². The SMILES string of the molecule is CNC(C)c1nnc(C2CCCCC2)s1. The third kappa shape index (κ3) is 2.55. The maximum atomic E-state index is 4.34. The number of nitrogens with one attached hydrogen (secondary N) is 1. The molecule has 0 aliphatic heterocycles. The van der Waals surface area contributed by atoms with E-state index in [1.807, 2.05) is 7.05 Å². The van der Waals surface area contributed by atoms with E-state index in [4.69, 9.17) is 0 Å². The first-order chi connectivity index (χ1) is 7.31. The lowest BCUT2D eigenvalue weighted by Gasteiger charge is -2.18. The highest BCUT2D eigenvalue weighted by Crippen LogP contribution is 2.34. The Morgan fingerprint density at radius 3 is 2.67 bits per heavy atom. The van der Waals surface area contributed by atoms with Crippen LogP contribution in [0.1, 0.15) is 61.0 Å². The number of hydrogen-bond donors (Lipinski definition) is 1. The summed E-state index contributed by atoms with van der Waals surface area (Å²) in [5, 5.41) is 14.2. The van der Waals surface area contributed by atoms with Crippen LogP contribution in [0.3, 0.4) is 0 Å². The van der Waals surface area contributed by atoms with Gasteiger partial charge < -0.3 is 5.32 Å². The van der Waals surface area contributed by atoms with Gasteiger partial charge in [0, 0.05) is 5.92 Å². The third-order valence-corrected chi connectivity index (χ3v) is 4.48. The van der Waals surface area contributed by atoms with Gasteiger partial charge in [-0.05, 0) is 26.8 Å². The molecule has 1 atom stereocenters. The molecule has 1 unspecified atom stereocenters. The molecule has 0 bridgehead atoms. The van der Waals surface area contributed by atoms with Gasteiger partial charge in [-0.3, -0.25) is 0 Å². The number of aromatic nitrogens is 2. The second-order valence-corrected chi connectivity index (χ2v) is 5.36. The monoisotopic (exact) mass is 225 g/mol. The fourth-order valence-corrected chi connectivity index (χ4v) is 3.13. The van der Waals surface area contributed by atoms with Gasteiger partial charge in [-0.15, -0.1) is 10.2 Å². The molecule has 1 N–H and O–H groups in total. The molecule has 0 amide bonds. The van der Waals surface area contributed by atoms with Crippen LogP contribution in [-0.2, 0) is 0 Å². The zero-order valence-corrected chi connectivity index (χ0v) is 10.3. The molecule has 4 heteroatoms. The molecule has 2 rings (SSSR count). The smallest absolute Gasteiger partial charge is 0.134 e. The van der Waals surface area contributed by atoms with Crippen LogP contribution in [0.4, 0.5) is 0 Å². The fourth-order valence-electron chi connectivity index (χ4n) is 2.06. The van der Waals surface area contributed by atoms with Crippen molar-refractivity contribution in [1.29, 1.82) is 0 Å². The minimum Gasteiger partial charge on any atom is -0.311 e. The second-order valence-electron chi connectivity index (χ2n) is 4.32. The predicted octanol–water partition coefficient (Wildman–Crippen LogP) is 2.87. The zero-order chi connectivity index (χ0) is 10.7. The lowest BCUT2D eigenvalue weighted by Crippen LogP contribution is -2.11. The maximum absolute atomic E-state index is 4.34. The third-order valence-electron chi connectivity index (χ3n) is 3.21. The molecule has 1 saturated carbocycles. The molecule has 84 valence electrons. The average molecular weight is 225 g/mol. The van der Waals surface area contributed by atoms with Gasteiger partial charge in [0.05, 0.1) is 6.04 Å². The van der Waals surface area contributed by atoms with Gasteiger partial charge in [0.2, 0.25) is 0 Å². The number of rotatable bonds is 3. The Kier molecular flexibility index (Phi) is 3.70. The molecule has 15 heavy (non-hydrogen) atoms. The summed E-state index contributed by atoms with van der Waals surface area (Å²) >= 11 is 1.79. The Balaban J connectivity index is 2.05. The first-order valence-corrected chi connectivity index (χ1v) is 6.63. The molecule has 0 aromatic carbocycles. The normalized spacial score (nSPS) is 20.4. The predicted molar refractivity (Wildman–Crippen MR) is 63.2 cm³/mol. The van der Waals surface area contributed by atoms with E-state index < -0.39 is 0 Å². The average Bonchev–Trinajstić information content (AvgIpc) is 2.78. The molecule has 3 nitrogen and oxygen atoms in total. The van der Waals surface area contributed by atoms with Gasteiger partial charge in [0.15, 0.2) is 0 Å². The van der Waals surface area contributed by atoms with Crippen molar-refractivity contribution in [2.45, 2.75) is 51.0 Å². The Bertz CT molecular complexity index is 305. The largest absolute Gasteiger partial charge is 0.311 e. The van der Waals surface area contributed by atoms with E-state index in [1.54, 1.807) is 11.3 Å². The van der Waals surface area contributed by atoms with Crippen LogP contribution in [0.2, 0.25) is 0 Å². The standard InChI is InChI=1S/C11H19N3S/c1-8(12-2)10-13-14-11(15-10)9-6-4-3-5-7-9/h8-9,12H,3-7H2,1-2H3. The van der Waals surface area contributed by atoms with Gasteiger partial charge in [0.1, 0.15) is 10.0 Å². The lowest BCUT2D eigenvalue weighted by molar-refractivity contribution is 0.440. The van der Waals surface area contributed by atoms with Gasteiger partial charge >= 0.3 is 0 Å². The molecule has 1 heterocycles. The maximum Gasteiger partial charge on any atom is 0.134 e. The Morgan fingerprint density at radius 2 is 2.00 bits per heavy atom. The van der Waals surface area contributed by atoms with Crippen molar-refractivity contribution in [1.82, 2.24) is 15.5 Å². The van der Waals surface area contributed by atoms with Crippen molar-refractivity contribution in [3.63, 3.8) is 0 Å². The molecule has 1 aromatic heterocycles. The summed E-state index contributed by atoms with van der Waals surface area (Å²) in [6, 6.07) is 0.333. The lowest BCUT2D eigenvalue weighted by atomic mass is 9.90. The molecule has 0 saturated heterocycles. The van der Waals surface area contributed by atoms with E-state index in [0.717, 1.165) is 5.01 Å². The van der Waals surface area contributed by atoms with Gasteiger partial charge in [0.25, 0.3) is 0 Å². The molecule has 1 aliphatic rings. The number of nitrogens with zero attached hydrogens (tertiary/aromatic N) is 2. The molecular formula is C11H19N3S. The van der Waals surface area contributed by atoms with Crippen LogP contribution in [0, 0.1) is 0 Å². The first-order valence-electron chi connectivity index (χ1n) is 5.82. The van der Waals surface area contributed by atoms with Crippen molar-refractivity contribution in [2.75, 3.05) is 7.05 Å². The molecule has 1 fully saturated rings. The molecule has 0 spiro atoms. The van der Waals surface area contributed by atoms with Crippen LogP contribution >= 0.6 is 11.3 Å². The van der Waals surface area contributed by atoms with Crippen LogP contribution in [-0.4, -0.2) is 17.2 Å². The highest BCUT2D eigenvalue weighted by atomic mass is 32.1. The van der Waals surface area contributed by atoms with Crippen molar-refractivity contribution < 1.29 is 0 Å². The molecular weight excluding hydrogens is 206 g/mol. The van der Waals surface area contributed by atoms with Crippen LogP contribution < -0.4 is 5.32 Å². The van der Waals surface area contributed by atoms with E-state index >= 15 is 0 Å². The van der Waals surface area contributed by atoms with E-state index in [9.17, 15) is 0 Å². The topological polar surface area (TPSA) is 37.8 Å². The summed E-state index contributed by atoms with van der Waals surface area (Å²) in [6.45, 7) is 2.13. The van der Waals surface area contributed by atoms with E-state index in [0.29, 0.717) is 12.0 Å². The Labute approximate surface area is 95.3 Å². The second kappa shape index (κ2) is 5.03. The van der Waals surface area contributed by atoms with E-state index in [-0.39, 0.29) is 0 Å². The van der Waals surface area contributed by atoms with E-state index in [2.05, 4.69) is 22.4 Å². The fraction of sp³-hybridized carbons (Fsp3) is 0.818. The summed E-state index contributed by atoms with van der Waals surface area (Å²) in [7, 11) is 1.96. The summed E-state index contributed by atoms with van der Waals surface area (Å²) in [6.07, 6.45) is 6.74. The van der Waals surface area contributed by atoms with Gasteiger partial charge in [-0.1, -0.05) is 30.6 Å². The van der Waals surface area contributed by atoms with Crippen molar-refractivity contribution in [3.8, 4) is 0 Å². The highest BCUT2D eigenvalue weighted by Gasteiger charge is 2.20. The minimum atomic E-state index is 0.333. The number of hydrogen-bond acceptors (Lipinski definition) is 4. The van der Waals surface area contributed by atoms with Crippen molar-refractivity contribution in [2.24, 2.45) is 0 Å². The summed E-state index contributed by atoms with van der Waals surface area (Å²) < 4.78 is 0. The van der Waals surface area contributed by atoms with E-state index in [1.165, 1.54) is 37.1 Å². The van der Waals surface area contributed by atoms with Crippen molar-refractivity contribution >= 4 is 11.3 Å². The van der Waals surface area contributed by atoms with Crippen LogP contribution in [0.15, 0.2) is 0 Å². The summed E-state index contributed by atoms with van der Waals surface area (Å²) in [4.78, 5) is 0. The Hall–Kier alpha value is -0.480. The quantitative estimate of drug-likeness (QED) is 0.859. The van der Waals surface area contributed by atoms with Crippen molar-refractivity contribution in [3.05, 3.63) is 10.0 Å². The highest BCUT2D eigenvalue weighted by molar-refractivity contribution is 7.11. The van der Waals surface area contributed by atoms with Crippen LogP contribution in [0.5, 0.6) is 0 Å². The first kappa shape index (κ1) is 11.0. The van der Waals surface area contributed by atoms with Gasteiger partial charge in [-0.2, -0.15) is 0 Å². The van der Waals surface area contributed by atoms with Crippen LogP contribution in [0.25, 0.3) is 0 Å². The molecule has 0 radical (unpaired) electrons. The summed E-state index contributed by atoms with van der Waals surface area (Å²) in [5.74, 6) is 0.689.